The second kappa shape index (κ2) is 5.95. The Labute approximate surface area is 113 Å². The second-order valence-electron chi connectivity index (χ2n) is 5.02. The van der Waals surface area contributed by atoms with Crippen molar-refractivity contribution in [2.24, 2.45) is 0 Å². The van der Waals surface area contributed by atoms with Crippen LogP contribution in [0.15, 0.2) is 24.3 Å². The van der Waals surface area contributed by atoms with Crippen LogP contribution in [0.5, 0.6) is 5.75 Å². The number of aliphatic hydroxyl groups is 1. The summed E-state index contributed by atoms with van der Waals surface area (Å²) in [5.74, 6) is 2.54. The molecule has 0 aromatic heterocycles. The molecule has 1 fully saturated rings. The fraction of sp³-hybridized carbons (Fsp3) is 0.571. The minimum Gasteiger partial charge on any atom is -0.508 e. The van der Waals surface area contributed by atoms with E-state index in [1.165, 1.54) is 0 Å². The quantitative estimate of drug-likeness (QED) is 0.876. The van der Waals surface area contributed by atoms with Gasteiger partial charge in [0.2, 0.25) is 0 Å². The van der Waals surface area contributed by atoms with Crippen molar-refractivity contribution >= 4 is 11.8 Å². The van der Waals surface area contributed by atoms with E-state index in [4.69, 9.17) is 0 Å². The van der Waals surface area contributed by atoms with E-state index in [-0.39, 0.29) is 12.1 Å². The molecule has 0 bridgehead atoms. The van der Waals surface area contributed by atoms with Gasteiger partial charge in [-0.1, -0.05) is 12.1 Å². The molecule has 0 unspecified atom stereocenters. The van der Waals surface area contributed by atoms with Crippen LogP contribution >= 0.6 is 11.8 Å². The first-order valence-corrected chi connectivity index (χ1v) is 7.49. The van der Waals surface area contributed by atoms with Crippen LogP contribution in [0.3, 0.4) is 0 Å². The number of nitrogens with zero attached hydrogens (tertiary/aromatic N) is 1. The van der Waals surface area contributed by atoms with Gasteiger partial charge in [0.05, 0.1) is 6.61 Å². The number of hydrogen-bond donors (Lipinski definition) is 2. The lowest BCUT2D eigenvalue weighted by molar-refractivity contribution is 0.0361. The third-order valence-corrected chi connectivity index (χ3v) is 4.84. The largest absolute Gasteiger partial charge is 0.508 e. The Morgan fingerprint density at radius 2 is 2.06 bits per heavy atom. The summed E-state index contributed by atoms with van der Waals surface area (Å²) in [6, 6.07) is 7.35. The summed E-state index contributed by atoms with van der Waals surface area (Å²) in [5, 5.41) is 19.2. The van der Waals surface area contributed by atoms with E-state index in [0.717, 1.165) is 36.5 Å². The highest BCUT2D eigenvalue weighted by molar-refractivity contribution is 7.99. The van der Waals surface area contributed by atoms with Gasteiger partial charge in [-0.2, -0.15) is 11.8 Å². The number of aromatic hydroxyl groups is 1. The van der Waals surface area contributed by atoms with E-state index in [2.05, 4.69) is 11.9 Å². The second-order valence-corrected chi connectivity index (χ2v) is 6.25. The summed E-state index contributed by atoms with van der Waals surface area (Å²) in [4.78, 5) is 2.24. The van der Waals surface area contributed by atoms with Crippen molar-refractivity contribution in [3.8, 4) is 5.75 Å². The topological polar surface area (TPSA) is 43.7 Å². The molecule has 1 aromatic rings. The van der Waals surface area contributed by atoms with Crippen LogP contribution in [0.2, 0.25) is 0 Å². The van der Waals surface area contributed by atoms with Gasteiger partial charge in [0, 0.05) is 12.1 Å². The zero-order valence-electron chi connectivity index (χ0n) is 10.8. The molecule has 0 amide bonds. The number of aliphatic hydroxyl groups excluding tert-OH is 1. The van der Waals surface area contributed by atoms with Crippen LogP contribution in [0.1, 0.15) is 18.4 Å². The third-order valence-electron chi connectivity index (χ3n) is 3.86. The van der Waals surface area contributed by atoms with Gasteiger partial charge in [0.1, 0.15) is 5.75 Å². The molecule has 1 aromatic carbocycles. The van der Waals surface area contributed by atoms with Crippen LogP contribution in [0.25, 0.3) is 0 Å². The molecule has 0 aliphatic carbocycles. The van der Waals surface area contributed by atoms with Gasteiger partial charge in [0.15, 0.2) is 0 Å². The van der Waals surface area contributed by atoms with E-state index >= 15 is 0 Å². The Bertz CT molecular complexity index is 391. The predicted molar refractivity (Wildman–Crippen MR) is 75.9 cm³/mol. The molecule has 1 aliphatic heterocycles. The van der Waals surface area contributed by atoms with Crippen LogP contribution in [0, 0.1) is 0 Å². The normalized spacial score (nSPS) is 19.1. The molecule has 0 atom stereocenters. The summed E-state index contributed by atoms with van der Waals surface area (Å²) in [6.07, 6.45) is 2.06. The lowest BCUT2D eigenvalue weighted by Gasteiger charge is -2.43. The van der Waals surface area contributed by atoms with E-state index < -0.39 is 0 Å². The van der Waals surface area contributed by atoms with Crippen molar-refractivity contribution in [1.29, 1.82) is 0 Å². The number of benzene rings is 1. The highest BCUT2D eigenvalue weighted by Gasteiger charge is 2.35. The Hall–Kier alpha value is -0.710. The highest BCUT2D eigenvalue weighted by Crippen LogP contribution is 2.32. The minimum atomic E-state index is -0.0866. The molecule has 1 aliphatic rings. The fourth-order valence-electron chi connectivity index (χ4n) is 2.51. The molecule has 0 saturated carbocycles. The van der Waals surface area contributed by atoms with Gasteiger partial charge >= 0.3 is 0 Å². The summed E-state index contributed by atoms with van der Waals surface area (Å²) in [6.45, 7) is 0.975. The van der Waals surface area contributed by atoms with Crippen molar-refractivity contribution < 1.29 is 10.2 Å². The summed E-state index contributed by atoms with van der Waals surface area (Å²) < 4.78 is 0. The Balaban J connectivity index is 2.07. The van der Waals surface area contributed by atoms with E-state index in [1.807, 2.05) is 23.9 Å². The van der Waals surface area contributed by atoms with Crippen molar-refractivity contribution in [1.82, 2.24) is 4.90 Å². The molecular formula is C14H21NO2S. The summed E-state index contributed by atoms with van der Waals surface area (Å²) in [5.41, 5.74) is 1.00. The first-order chi connectivity index (χ1) is 8.66. The van der Waals surface area contributed by atoms with E-state index in [9.17, 15) is 10.2 Å². The van der Waals surface area contributed by atoms with Crippen LogP contribution in [-0.2, 0) is 6.54 Å². The molecule has 2 rings (SSSR count). The maximum absolute atomic E-state index is 9.74. The molecule has 18 heavy (non-hydrogen) atoms. The summed E-state index contributed by atoms with van der Waals surface area (Å²) in [7, 11) is 2.07. The fourth-order valence-corrected chi connectivity index (χ4v) is 3.76. The third kappa shape index (κ3) is 2.99. The van der Waals surface area contributed by atoms with Gasteiger partial charge in [-0.15, -0.1) is 0 Å². The van der Waals surface area contributed by atoms with Crippen molar-refractivity contribution in [2.45, 2.75) is 24.9 Å². The van der Waals surface area contributed by atoms with Gasteiger partial charge in [0.25, 0.3) is 0 Å². The van der Waals surface area contributed by atoms with Crippen LogP contribution in [-0.4, -0.2) is 45.8 Å². The number of phenolic OH excluding ortho intramolecular Hbond substituents is 1. The first-order valence-electron chi connectivity index (χ1n) is 6.34. The summed E-state index contributed by atoms with van der Waals surface area (Å²) >= 11 is 1.96. The van der Waals surface area contributed by atoms with Gasteiger partial charge in [-0.25, -0.2) is 0 Å². The Kier molecular flexibility index (Phi) is 4.54. The van der Waals surface area contributed by atoms with Gasteiger partial charge in [-0.05, 0) is 49.1 Å². The van der Waals surface area contributed by atoms with Crippen LogP contribution in [0.4, 0.5) is 0 Å². The SMILES string of the molecule is CN(Cc1cccc(O)c1)C1(CO)CCSCC1. The first kappa shape index (κ1) is 13.7. The minimum absolute atomic E-state index is 0.0866. The highest BCUT2D eigenvalue weighted by atomic mass is 32.2. The average molecular weight is 267 g/mol. The predicted octanol–water partition coefficient (Wildman–Crippen LogP) is 2.08. The number of thioether (sulfide) groups is 1. The smallest absolute Gasteiger partial charge is 0.115 e. The Morgan fingerprint density at radius 3 is 2.67 bits per heavy atom. The molecule has 4 heteroatoms. The molecule has 0 radical (unpaired) electrons. The van der Waals surface area contributed by atoms with Crippen molar-refractivity contribution in [3.63, 3.8) is 0 Å². The monoisotopic (exact) mass is 267 g/mol. The zero-order valence-corrected chi connectivity index (χ0v) is 11.6. The maximum atomic E-state index is 9.74. The molecule has 0 spiro atoms. The molecule has 3 nitrogen and oxygen atoms in total. The van der Waals surface area contributed by atoms with Crippen molar-refractivity contribution in [3.05, 3.63) is 29.8 Å². The maximum Gasteiger partial charge on any atom is 0.115 e. The number of rotatable bonds is 4. The lowest BCUT2D eigenvalue weighted by Crippen LogP contribution is -2.51. The zero-order chi connectivity index (χ0) is 13.0. The molecule has 100 valence electrons. The van der Waals surface area contributed by atoms with Gasteiger partial charge < -0.3 is 10.2 Å². The molecule has 1 heterocycles. The van der Waals surface area contributed by atoms with Crippen molar-refractivity contribution in [2.75, 3.05) is 25.2 Å². The molecule has 2 N–H and O–H groups in total. The van der Waals surface area contributed by atoms with E-state index in [1.54, 1.807) is 12.1 Å². The molecule has 1 saturated heterocycles. The Morgan fingerprint density at radius 1 is 1.33 bits per heavy atom. The lowest BCUT2D eigenvalue weighted by atomic mass is 9.91. The molecular weight excluding hydrogens is 246 g/mol. The standard InChI is InChI=1S/C14H21NO2S/c1-15(10-12-3-2-4-13(17)9-12)14(11-16)5-7-18-8-6-14/h2-4,9,16-17H,5-8,10-11H2,1H3. The number of phenols is 1. The van der Waals surface area contributed by atoms with Crippen LogP contribution < -0.4 is 0 Å². The number of likely N-dealkylation sites (N-methyl/N-ethyl adjacent to an activating group) is 1. The number of hydrogen-bond acceptors (Lipinski definition) is 4. The van der Waals surface area contributed by atoms with Gasteiger partial charge in [-0.3, -0.25) is 4.90 Å². The van der Waals surface area contributed by atoms with E-state index in [0.29, 0.717) is 5.75 Å². The average Bonchev–Trinajstić information content (AvgIpc) is 2.39.